The lowest BCUT2D eigenvalue weighted by molar-refractivity contribution is -0.135. The molecule has 0 radical (unpaired) electrons. The van der Waals surface area contributed by atoms with Crippen molar-refractivity contribution in [3.05, 3.63) is 59.4 Å². The fourth-order valence-electron chi connectivity index (χ4n) is 4.84. The van der Waals surface area contributed by atoms with Gasteiger partial charge in [-0.15, -0.1) is 11.3 Å². The molecule has 5 rings (SSSR count). The van der Waals surface area contributed by atoms with Gasteiger partial charge in [-0.2, -0.15) is 0 Å². The second-order valence-electron chi connectivity index (χ2n) is 8.14. The topological polar surface area (TPSA) is 75.2 Å². The van der Waals surface area contributed by atoms with Crippen LogP contribution in [0, 0.1) is 0 Å². The van der Waals surface area contributed by atoms with Crippen molar-refractivity contribution in [2.75, 3.05) is 0 Å². The second-order valence-corrected chi connectivity index (χ2v) is 9.25. The first kappa shape index (κ1) is 19.2. The van der Waals surface area contributed by atoms with Crippen LogP contribution in [0.5, 0.6) is 0 Å². The summed E-state index contributed by atoms with van der Waals surface area (Å²) in [6.45, 7) is 0. The molecular weight excluding hydrogens is 396 g/mol. The maximum absolute atomic E-state index is 13.0. The Kier molecular flexibility index (Phi) is 5.21. The SMILES string of the molecule is O=C(NC1C[C@H]2CC[C@@H](C1)N2C(=O)CCc1nc2ccccc2s1)c1ccncc1. The molecule has 1 N–H and O–H groups in total. The van der Waals surface area contributed by atoms with Gasteiger partial charge in [0, 0.05) is 48.9 Å². The lowest BCUT2D eigenvalue weighted by Crippen LogP contribution is -2.52. The van der Waals surface area contributed by atoms with E-state index in [4.69, 9.17) is 0 Å². The molecule has 6 nitrogen and oxygen atoms in total. The third kappa shape index (κ3) is 3.81. The lowest BCUT2D eigenvalue weighted by Gasteiger charge is -2.39. The number of hydrogen-bond acceptors (Lipinski definition) is 5. The molecule has 154 valence electrons. The van der Waals surface area contributed by atoms with Crippen LogP contribution in [0.2, 0.25) is 0 Å². The molecule has 7 heteroatoms. The van der Waals surface area contributed by atoms with Crippen molar-refractivity contribution in [2.24, 2.45) is 0 Å². The lowest BCUT2D eigenvalue weighted by atomic mass is 9.96. The zero-order valence-corrected chi connectivity index (χ0v) is 17.5. The standard InChI is InChI=1S/C23H24N4O2S/c28-22(8-7-21-26-19-3-1-2-4-20(19)30-21)27-17-5-6-18(27)14-16(13-17)25-23(29)15-9-11-24-12-10-15/h1-4,9-12,16-18H,5-8,13-14H2,(H,25,29)/t16?,17-,18+. The largest absolute Gasteiger partial charge is 0.349 e. The van der Waals surface area contributed by atoms with Gasteiger partial charge in [0.15, 0.2) is 0 Å². The highest BCUT2D eigenvalue weighted by Crippen LogP contribution is 2.36. The quantitative estimate of drug-likeness (QED) is 0.685. The minimum absolute atomic E-state index is 0.0580. The van der Waals surface area contributed by atoms with Gasteiger partial charge in [0.05, 0.1) is 15.2 Å². The fraction of sp³-hybridized carbons (Fsp3) is 0.391. The van der Waals surface area contributed by atoms with E-state index < -0.39 is 0 Å². The molecule has 2 aromatic heterocycles. The molecule has 0 saturated carbocycles. The first-order valence-corrected chi connectivity index (χ1v) is 11.4. The predicted molar refractivity (Wildman–Crippen MR) is 116 cm³/mol. The van der Waals surface area contributed by atoms with E-state index in [1.807, 2.05) is 18.2 Å². The van der Waals surface area contributed by atoms with Gasteiger partial charge in [-0.1, -0.05) is 12.1 Å². The van der Waals surface area contributed by atoms with Crippen molar-refractivity contribution in [1.29, 1.82) is 0 Å². The molecule has 2 aliphatic rings. The Labute approximate surface area is 179 Å². The summed E-state index contributed by atoms with van der Waals surface area (Å²) < 4.78 is 1.17. The van der Waals surface area contributed by atoms with Crippen LogP contribution < -0.4 is 5.32 Å². The van der Waals surface area contributed by atoms with Gasteiger partial charge in [-0.05, 0) is 49.9 Å². The molecule has 1 unspecified atom stereocenters. The summed E-state index contributed by atoms with van der Waals surface area (Å²) in [4.78, 5) is 36.2. The first-order chi connectivity index (χ1) is 14.7. The van der Waals surface area contributed by atoms with E-state index in [9.17, 15) is 9.59 Å². The van der Waals surface area contributed by atoms with Crippen molar-refractivity contribution < 1.29 is 9.59 Å². The first-order valence-electron chi connectivity index (χ1n) is 10.5. The number of nitrogens with one attached hydrogen (secondary N) is 1. The monoisotopic (exact) mass is 420 g/mol. The van der Waals surface area contributed by atoms with Gasteiger partial charge in [0.1, 0.15) is 0 Å². The van der Waals surface area contributed by atoms with Crippen LogP contribution in [-0.2, 0) is 11.2 Å². The Bertz CT molecular complexity index is 1020. The van der Waals surface area contributed by atoms with Crippen molar-refractivity contribution in [2.45, 2.75) is 56.7 Å². The number of carbonyl (C=O) groups excluding carboxylic acids is 2. The van der Waals surface area contributed by atoms with E-state index in [1.165, 1.54) is 4.70 Å². The average Bonchev–Trinajstić information content (AvgIpc) is 3.30. The van der Waals surface area contributed by atoms with Crippen molar-refractivity contribution in [1.82, 2.24) is 20.2 Å². The molecule has 2 bridgehead atoms. The van der Waals surface area contributed by atoms with E-state index in [0.29, 0.717) is 18.4 Å². The van der Waals surface area contributed by atoms with Crippen LogP contribution in [-0.4, -0.2) is 44.8 Å². The molecule has 0 aliphatic carbocycles. The zero-order chi connectivity index (χ0) is 20.5. The van der Waals surface area contributed by atoms with Gasteiger partial charge in [-0.25, -0.2) is 4.98 Å². The Morgan fingerprint density at radius 2 is 1.80 bits per heavy atom. The van der Waals surface area contributed by atoms with E-state index in [2.05, 4.69) is 26.3 Å². The fourth-order valence-corrected chi connectivity index (χ4v) is 5.81. The summed E-state index contributed by atoms with van der Waals surface area (Å²) in [7, 11) is 0. The highest BCUT2D eigenvalue weighted by Gasteiger charge is 2.43. The predicted octanol–water partition coefficient (Wildman–Crippen LogP) is 3.58. The van der Waals surface area contributed by atoms with Crippen LogP contribution >= 0.6 is 11.3 Å². The maximum Gasteiger partial charge on any atom is 0.251 e. The summed E-state index contributed by atoms with van der Waals surface area (Å²) in [6.07, 6.45) is 8.17. The number of fused-ring (bicyclic) bond motifs is 3. The van der Waals surface area contributed by atoms with E-state index >= 15 is 0 Å². The number of aryl methyl sites for hydroxylation is 1. The zero-order valence-electron chi connectivity index (χ0n) is 16.7. The number of piperidine rings is 1. The summed E-state index contributed by atoms with van der Waals surface area (Å²) >= 11 is 1.67. The number of rotatable bonds is 5. The second kappa shape index (κ2) is 8.14. The molecule has 3 aromatic rings. The summed E-state index contributed by atoms with van der Waals surface area (Å²) in [5.74, 6) is 0.165. The van der Waals surface area contributed by atoms with Crippen LogP contribution in [0.4, 0.5) is 0 Å². The van der Waals surface area contributed by atoms with E-state index in [0.717, 1.165) is 36.2 Å². The minimum Gasteiger partial charge on any atom is -0.349 e. The number of para-hydroxylation sites is 1. The minimum atomic E-state index is -0.0580. The molecule has 2 fully saturated rings. The van der Waals surface area contributed by atoms with E-state index in [-0.39, 0.29) is 29.9 Å². The normalized spacial score (nSPS) is 22.9. The van der Waals surface area contributed by atoms with Gasteiger partial charge in [0.25, 0.3) is 5.91 Å². The molecule has 2 saturated heterocycles. The third-order valence-electron chi connectivity index (χ3n) is 6.19. The Morgan fingerprint density at radius 1 is 1.07 bits per heavy atom. The number of pyridine rings is 1. The number of thiazole rings is 1. The van der Waals surface area contributed by atoms with Crippen LogP contribution in [0.1, 0.15) is 47.5 Å². The van der Waals surface area contributed by atoms with Gasteiger partial charge in [-0.3, -0.25) is 14.6 Å². The van der Waals surface area contributed by atoms with Crippen LogP contribution in [0.3, 0.4) is 0 Å². The molecule has 4 heterocycles. The number of carbonyl (C=O) groups is 2. The van der Waals surface area contributed by atoms with Crippen LogP contribution in [0.15, 0.2) is 48.8 Å². The highest BCUT2D eigenvalue weighted by atomic mass is 32.1. The molecule has 30 heavy (non-hydrogen) atoms. The Balaban J connectivity index is 1.18. The summed E-state index contributed by atoms with van der Waals surface area (Å²) in [5, 5.41) is 4.18. The number of benzene rings is 1. The van der Waals surface area contributed by atoms with Crippen molar-refractivity contribution >= 4 is 33.4 Å². The molecule has 1 aromatic carbocycles. The molecule has 0 spiro atoms. The number of hydrogen-bond donors (Lipinski definition) is 1. The highest BCUT2D eigenvalue weighted by molar-refractivity contribution is 7.18. The number of amides is 2. The number of nitrogens with zero attached hydrogens (tertiary/aromatic N) is 3. The summed E-state index contributed by atoms with van der Waals surface area (Å²) in [6, 6.07) is 12.1. The van der Waals surface area contributed by atoms with E-state index in [1.54, 1.807) is 35.9 Å². The molecule has 2 amide bonds. The third-order valence-corrected chi connectivity index (χ3v) is 7.29. The van der Waals surface area contributed by atoms with Crippen molar-refractivity contribution in [3.63, 3.8) is 0 Å². The molecular formula is C23H24N4O2S. The van der Waals surface area contributed by atoms with Crippen LogP contribution in [0.25, 0.3) is 10.2 Å². The summed E-state index contributed by atoms with van der Waals surface area (Å²) in [5.41, 5.74) is 1.64. The molecule has 2 aliphatic heterocycles. The Hall–Kier alpha value is -2.80. The van der Waals surface area contributed by atoms with Gasteiger partial charge < -0.3 is 10.2 Å². The maximum atomic E-state index is 13.0. The van der Waals surface area contributed by atoms with Gasteiger partial charge in [0.2, 0.25) is 5.91 Å². The molecule has 3 atom stereocenters. The van der Waals surface area contributed by atoms with Crippen molar-refractivity contribution in [3.8, 4) is 0 Å². The average molecular weight is 421 g/mol. The van der Waals surface area contributed by atoms with Gasteiger partial charge >= 0.3 is 0 Å². The Morgan fingerprint density at radius 3 is 2.53 bits per heavy atom. The number of aromatic nitrogens is 2. The smallest absolute Gasteiger partial charge is 0.251 e.